The molecule has 84 valence electrons. The minimum atomic E-state index is -1.06. The van der Waals surface area contributed by atoms with Crippen molar-refractivity contribution >= 4 is 17.6 Å². The smallest absolute Gasteiger partial charge is 0.339 e. The van der Waals surface area contributed by atoms with E-state index in [2.05, 4.69) is 0 Å². The maximum absolute atomic E-state index is 11.6. The van der Waals surface area contributed by atoms with Crippen LogP contribution in [0.3, 0.4) is 0 Å². The number of rotatable bonds is 1. The summed E-state index contributed by atoms with van der Waals surface area (Å²) in [6.07, 6.45) is 0.254. The number of nitrogens with zero attached hydrogens (tertiary/aromatic N) is 1. The summed E-state index contributed by atoms with van der Waals surface area (Å²) in [7, 11) is 1.61. The summed E-state index contributed by atoms with van der Waals surface area (Å²) in [5.41, 5.74) is 0.585. The molecule has 0 spiro atoms. The lowest BCUT2D eigenvalue weighted by Crippen LogP contribution is -2.25. The molecule has 5 heteroatoms. The second-order valence-electron chi connectivity index (χ2n) is 3.51. The molecule has 1 heterocycles. The molecule has 1 N–H and O–H groups in total. The molecule has 1 aromatic carbocycles. The van der Waals surface area contributed by atoms with Gasteiger partial charge in [0.25, 0.3) is 0 Å². The number of hydrogen-bond donors (Lipinski definition) is 1. The van der Waals surface area contributed by atoms with Crippen molar-refractivity contribution in [2.75, 3.05) is 18.6 Å². The lowest BCUT2D eigenvalue weighted by molar-refractivity contribution is -0.118. The van der Waals surface area contributed by atoms with Crippen molar-refractivity contribution in [3.8, 4) is 5.75 Å². The molecule has 1 amide bonds. The predicted molar refractivity (Wildman–Crippen MR) is 56.9 cm³/mol. The highest BCUT2D eigenvalue weighted by Gasteiger charge is 2.24. The number of fused-ring (bicyclic) bond motifs is 1. The Bertz CT molecular complexity index is 455. The first-order chi connectivity index (χ1) is 7.61. The Morgan fingerprint density at radius 3 is 2.94 bits per heavy atom. The fourth-order valence-corrected chi connectivity index (χ4v) is 1.65. The lowest BCUT2D eigenvalue weighted by Gasteiger charge is -2.16. The van der Waals surface area contributed by atoms with Gasteiger partial charge < -0.3 is 14.7 Å². The predicted octanol–water partition coefficient (Wildman–Crippen LogP) is 1.13. The molecule has 0 fully saturated rings. The molecule has 0 unspecified atom stereocenters. The molecule has 1 aromatic rings. The average molecular weight is 221 g/mol. The first kappa shape index (κ1) is 10.5. The number of anilines is 1. The van der Waals surface area contributed by atoms with E-state index in [-0.39, 0.29) is 30.2 Å². The van der Waals surface area contributed by atoms with Crippen LogP contribution in [-0.2, 0) is 4.79 Å². The highest BCUT2D eigenvalue weighted by atomic mass is 16.5. The van der Waals surface area contributed by atoms with Crippen LogP contribution in [0.25, 0.3) is 0 Å². The molecule has 0 aliphatic carbocycles. The second-order valence-corrected chi connectivity index (χ2v) is 3.51. The zero-order valence-corrected chi connectivity index (χ0v) is 8.77. The van der Waals surface area contributed by atoms with Gasteiger partial charge in [0.1, 0.15) is 5.56 Å². The minimum Gasteiger partial charge on any atom is -0.490 e. The number of ether oxygens (including phenoxy) is 1. The van der Waals surface area contributed by atoms with Crippen molar-refractivity contribution in [1.82, 2.24) is 0 Å². The van der Waals surface area contributed by atoms with E-state index >= 15 is 0 Å². The van der Waals surface area contributed by atoms with E-state index in [4.69, 9.17) is 9.84 Å². The summed E-state index contributed by atoms with van der Waals surface area (Å²) in [6, 6.07) is 4.73. The molecule has 16 heavy (non-hydrogen) atoms. The minimum absolute atomic E-state index is 0.0821. The van der Waals surface area contributed by atoms with E-state index in [1.54, 1.807) is 19.2 Å². The Hall–Kier alpha value is -2.04. The summed E-state index contributed by atoms with van der Waals surface area (Å²) in [5.74, 6) is -0.871. The molecule has 5 nitrogen and oxygen atoms in total. The number of carboxylic acids is 1. The molecule has 1 aliphatic rings. The third-order valence-electron chi connectivity index (χ3n) is 2.52. The van der Waals surface area contributed by atoms with Crippen LogP contribution in [-0.4, -0.2) is 30.6 Å². The van der Waals surface area contributed by atoms with Gasteiger partial charge in [-0.2, -0.15) is 0 Å². The van der Waals surface area contributed by atoms with Crippen LogP contribution in [0.1, 0.15) is 16.8 Å². The van der Waals surface area contributed by atoms with Gasteiger partial charge in [-0.05, 0) is 12.1 Å². The largest absolute Gasteiger partial charge is 0.490 e. The van der Waals surface area contributed by atoms with E-state index < -0.39 is 5.97 Å². The highest BCUT2D eigenvalue weighted by molar-refractivity contribution is 5.99. The first-order valence-corrected chi connectivity index (χ1v) is 4.87. The standard InChI is InChI=1S/C11H11NO4/c1-12-8-4-2-3-7(11(14)15)10(8)16-6-5-9(12)13/h2-4H,5-6H2,1H3,(H,14,15). The molecule has 0 aromatic heterocycles. The Labute approximate surface area is 92.2 Å². The van der Waals surface area contributed by atoms with Gasteiger partial charge in [-0.25, -0.2) is 4.79 Å². The van der Waals surface area contributed by atoms with E-state index in [1.807, 2.05) is 0 Å². The number of carboxylic acid groups (broad SMARTS) is 1. The summed E-state index contributed by atoms with van der Waals surface area (Å²) in [5, 5.41) is 9.00. The maximum atomic E-state index is 11.6. The van der Waals surface area contributed by atoms with Crippen LogP contribution in [0.2, 0.25) is 0 Å². The molecule has 0 saturated carbocycles. The molecule has 2 rings (SSSR count). The quantitative estimate of drug-likeness (QED) is 0.771. The van der Waals surface area contributed by atoms with Gasteiger partial charge in [0.2, 0.25) is 5.91 Å². The summed E-state index contributed by atoms with van der Waals surface area (Å²) in [6.45, 7) is 0.209. The van der Waals surface area contributed by atoms with Gasteiger partial charge in [0.15, 0.2) is 5.75 Å². The summed E-state index contributed by atoms with van der Waals surface area (Å²) < 4.78 is 5.34. The summed E-state index contributed by atoms with van der Waals surface area (Å²) >= 11 is 0. The zero-order valence-electron chi connectivity index (χ0n) is 8.77. The van der Waals surface area contributed by atoms with Crippen LogP contribution in [0.5, 0.6) is 5.75 Å². The molecule has 0 radical (unpaired) electrons. The Morgan fingerprint density at radius 2 is 2.25 bits per heavy atom. The van der Waals surface area contributed by atoms with E-state index in [9.17, 15) is 9.59 Å². The van der Waals surface area contributed by atoms with Gasteiger partial charge in [0, 0.05) is 7.05 Å². The SMILES string of the molecule is CN1C(=O)CCOc2c(C(=O)O)cccc21. The van der Waals surface area contributed by atoms with Crippen molar-refractivity contribution in [3.63, 3.8) is 0 Å². The fourth-order valence-electron chi connectivity index (χ4n) is 1.65. The highest BCUT2D eigenvalue weighted by Crippen LogP contribution is 2.33. The Morgan fingerprint density at radius 1 is 1.50 bits per heavy atom. The van der Waals surface area contributed by atoms with Gasteiger partial charge in [-0.15, -0.1) is 0 Å². The second kappa shape index (κ2) is 3.84. The number of hydrogen-bond acceptors (Lipinski definition) is 3. The summed E-state index contributed by atoms with van der Waals surface area (Å²) in [4.78, 5) is 24.0. The van der Waals surface area contributed by atoms with E-state index in [1.165, 1.54) is 11.0 Å². The van der Waals surface area contributed by atoms with Crippen molar-refractivity contribution in [2.45, 2.75) is 6.42 Å². The van der Waals surface area contributed by atoms with Gasteiger partial charge in [0.05, 0.1) is 18.7 Å². The number of para-hydroxylation sites is 1. The van der Waals surface area contributed by atoms with Crippen LogP contribution in [0, 0.1) is 0 Å². The zero-order chi connectivity index (χ0) is 11.7. The number of carbonyl (C=O) groups is 2. The number of benzene rings is 1. The maximum Gasteiger partial charge on any atom is 0.339 e. The van der Waals surface area contributed by atoms with Crippen LogP contribution < -0.4 is 9.64 Å². The number of amides is 1. The van der Waals surface area contributed by atoms with E-state index in [0.29, 0.717) is 5.69 Å². The molecule has 1 aliphatic heterocycles. The number of aromatic carboxylic acids is 1. The molecule has 0 bridgehead atoms. The third-order valence-corrected chi connectivity index (χ3v) is 2.52. The molecular formula is C11H11NO4. The normalized spacial score (nSPS) is 15.1. The van der Waals surface area contributed by atoms with Crippen molar-refractivity contribution in [1.29, 1.82) is 0 Å². The molecule has 0 saturated heterocycles. The average Bonchev–Trinajstić information content (AvgIpc) is 2.40. The molecule has 0 atom stereocenters. The molecular weight excluding hydrogens is 210 g/mol. The van der Waals surface area contributed by atoms with Crippen LogP contribution in [0.15, 0.2) is 18.2 Å². The fraction of sp³-hybridized carbons (Fsp3) is 0.273. The number of carbonyl (C=O) groups excluding carboxylic acids is 1. The van der Waals surface area contributed by atoms with Crippen molar-refractivity contribution in [3.05, 3.63) is 23.8 Å². The van der Waals surface area contributed by atoms with Crippen LogP contribution >= 0.6 is 0 Å². The Kier molecular flexibility index (Phi) is 2.52. The van der Waals surface area contributed by atoms with Gasteiger partial charge in [-0.1, -0.05) is 6.07 Å². The van der Waals surface area contributed by atoms with Gasteiger partial charge in [-0.3, -0.25) is 4.79 Å². The lowest BCUT2D eigenvalue weighted by atomic mass is 10.1. The van der Waals surface area contributed by atoms with E-state index in [0.717, 1.165) is 0 Å². The van der Waals surface area contributed by atoms with Crippen molar-refractivity contribution in [2.24, 2.45) is 0 Å². The topological polar surface area (TPSA) is 66.8 Å². The third kappa shape index (κ3) is 1.60. The van der Waals surface area contributed by atoms with Gasteiger partial charge >= 0.3 is 5.97 Å². The van der Waals surface area contributed by atoms with Crippen LogP contribution in [0.4, 0.5) is 5.69 Å². The Balaban J connectivity index is 2.58. The monoisotopic (exact) mass is 221 g/mol. The van der Waals surface area contributed by atoms with Crippen molar-refractivity contribution < 1.29 is 19.4 Å². The first-order valence-electron chi connectivity index (χ1n) is 4.87.